The maximum absolute atomic E-state index is 13.0. The number of ether oxygens (including phenoxy) is 2. The van der Waals surface area contributed by atoms with Gasteiger partial charge in [0.05, 0.1) is 17.6 Å². The number of nitrogens with zero attached hydrogens (tertiary/aromatic N) is 1. The summed E-state index contributed by atoms with van der Waals surface area (Å²) in [5.74, 6) is 0.323. The number of nitrogens with two attached hydrogens (primary N) is 1. The smallest absolute Gasteiger partial charge is 0.238 e. The average Bonchev–Trinajstić information content (AvgIpc) is 2.62. The highest BCUT2D eigenvalue weighted by molar-refractivity contribution is 7.89. The molecule has 0 aliphatic carbocycles. The highest BCUT2D eigenvalue weighted by Gasteiger charge is 2.21. The Hall–Kier alpha value is -2.00. The topological polar surface area (TPSA) is 81.9 Å². The van der Waals surface area contributed by atoms with Crippen molar-refractivity contribution in [2.45, 2.75) is 11.0 Å². The van der Waals surface area contributed by atoms with Crippen LogP contribution in [0.25, 0.3) is 0 Å². The second-order valence-electron chi connectivity index (χ2n) is 6.08. The van der Waals surface area contributed by atoms with Crippen molar-refractivity contribution in [3.8, 4) is 5.75 Å². The van der Waals surface area contributed by atoms with E-state index in [0.717, 1.165) is 12.1 Å². The molecular weight excluding hydrogens is 359 g/mol. The van der Waals surface area contributed by atoms with E-state index in [9.17, 15) is 12.8 Å². The molecule has 1 unspecified atom stereocenters. The Morgan fingerprint density at radius 1 is 1.15 bits per heavy atom. The molecule has 6 nitrogen and oxygen atoms in total. The Morgan fingerprint density at radius 3 is 2.50 bits per heavy atom. The normalized spacial score (nSPS) is 18.6. The zero-order valence-electron chi connectivity index (χ0n) is 14.2. The van der Waals surface area contributed by atoms with Crippen LogP contribution in [-0.2, 0) is 14.8 Å². The van der Waals surface area contributed by atoms with Gasteiger partial charge in [-0.15, -0.1) is 0 Å². The van der Waals surface area contributed by atoms with Gasteiger partial charge in [0.2, 0.25) is 10.0 Å². The number of hydrogen-bond donors (Lipinski definition) is 1. The first kappa shape index (κ1) is 18.8. The van der Waals surface area contributed by atoms with E-state index in [2.05, 4.69) is 4.90 Å². The van der Waals surface area contributed by atoms with Crippen LogP contribution in [0.2, 0.25) is 0 Å². The molecule has 3 rings (SSSR count). The summed E-state index contributed by atoms with van der Waals surface area (Å²) < 4.78 is 46.9. The molecule has 0 amide bonds. The number of primary sulfonamides is 1. The first-order valence-electron chi connectivity index (χ1n) is 8.27. The van der Waals surface area contributed by atoms with Gasteiger partial charge in [-0.1, -0.05) is 12.1 Å². The third-order valence-electron chi connectivity index (χ3n) is 4.22. The van der Waals surface area contributed by atoms with Gasteiger partial charge in [0, 0.05) is 19.6 Å². The summed E-state index contributed by atoms with van der Waals surface area (Å²) in [6, 6.07) is 12.4. The summed E-state index contributed by atoms with van der Waals surface area (Å²) in [5.41, 5.74) is 0.954. The van der Waals surface area contributed by atoms with Crippen LogP contribution in [0.15, 0.2) is 53.4 Å². The van der Waals surface area contributed by atoms with Crippen molar-refractivity contribution in [2.24, 2.45) is 5.14 Å². The van der Waals surface area contributed by atoms with Crippen molar-refractivity contribution in [3.05, 3.63) is 59.9 Å². The molecule has 1 atom stereocenters. The second-order valence-corrected chi connectivity index (χ2v) is 7.64. The SMILES string of the molecule is NS(=O)(=O)c1ccc(OCCN2CCOC(c3ccc(F)cc3)C2)cc1. The standard InChI is InChI=1S/C18H21FN2O4S/c19-15-3-1-14(2-4-15)18-13-21(10-12-25-18)9-11-24-16-5-7-17(8-6-16)26(20,22)23/h1-8,18H,9-13H2,(H2,20,22,23). The fourth-order valence-corrected chi connectivity index (χ4v) is 3.32. The lowest BCUT2D eigenvalue weighted by molar-refractivity contribution is -0.0329. The van der Waals surface area contributed by atoms with Gasteiger partial charge in [-0.25, -0.2) is 17.9 Å². The number of hydrogen-bond acceptors (Lipinski definition) is 5. The quantitative estimate of drug-likeness (QED) is 0.828. The first-order chi connectivity index (χ1) is 12.4. The van der Waals surface area contributed by atoms with Crippen molar-refractivity contribution in [1.82, 2.24) is 4.90 Å². The molecule has 0 aromatic heterocycles. The molecule has 2 aromatic rings. The van der Waals surface area contributed by atoms with Crippen LogP contribution >= 0.6 is 0 Å². The van der Waals surface area contributed by atoms with Gasteiger partial charge in [-0.3, -0.25) is 4.90 Å². The van der Waals surface area contributed by atoms with E-state index in [0.29, 0.717) is 32.1 Å². The van der Waals surface area contributed by atoms with Crippen LogP contribution in [0.4, 0.5) is 4.39 Å². The summed E-state index contributed by atoms with van der Waals surface area (Å²) in [4.78, 5) is 2.27. The average molecular weight is 380 g/mol. The van der Waals surface area contributed by atoms with Gasteiger partial charge in [0.15, 0.2) is 0 Å². The van der Waals surface area contributed by atoms with Crippen LogP contribution in [0.5, 0.6) is 5.75 Å². The Bertz CT molecular complexity index is 825. The van der Waals surface area contributed by atoms with Gasteiger partial charge in [0.1, 0.15) is 18.2 Å². The van der Waals surface area contributed by atoms with E-state index in [1.165, 1.54) is 24.3 Å². The fraction of sp³-hybridized carbons (Fsp3) is 0.333. The Kier molecular flexibility index (Phi) is 5.87. The first-order valence-corrected chi connectivity index (χ1v) is 9.81. The van der Waals surface area contributed by atoms with Crippen LogP contribution in [-0.4, -0.2) is 46.2 Å². The third-order valence-corrected chi connectivity index (χ3v) is 5.15. The molecule has 140 valence electrons. The van der Waals surface area contributed by atoms with E-state index >= 15 is 0 Å². The van der Waals surface area contributed by atoms with Gasteiger partial charge >= 0.3 is 0 Å². The summed E-state index contributed by atoms with van der Waals surface area (Å²) >= 11 is 0. The maximum Gasteiger partial charge on any atom is 0.238 e. The molecule has 1 aliphatic rings. The number of sulfonamides is 1. The lowest BCUT2D eigenvalue weighted by atomic mass is 10.1. The molecular formula is C18H21FN2O4S. The van der Waals surface area contributed by atoms with Crippen molar-refractivity contribution >= 4 is 10.0 Å². The van der Waals surface area contributed by atoms with E-state index in [1.54, 1.807) is 24.3 Å². The molecule has 0 bridgehead atoms. The van der Waals surface area contributed by atoms with Crippen molar-refractivity contribution < 1.29 is 22.3 Å². The molecule has 0 spiro atoms. The molecule has 0 saturated carbocycles. The summed E-state index contributed by atoms with van der Waals surface area (Å²) in [5, 5.41) is 5.07. The molecule has 8 heteroatoms. The maximum atomic E-state index is 13.0. The largest absolute Gasteiger partial charge is 0.492 e. The second kappa shape index (κ2) is 8.13. The Morgan fingerprint density at radius 2 is 1.85 bits per heavy atom. The van der Waals surface area contributed by atoms with Gasteiger partial charge < -0.3 is 9.47 Å². The van der Waals surface area contributed by atoms with E-state index in [4.69, 9.17) is 14.6 Å². The highest BCUT2D eigenvalue weighted by Crippen LogP contribution is 2.22. The van der Waals surface area contributed by atoms with Crippen molar-refractivity contribution in [1.29, 1.82) is 0 Å². The predicted octanol–water partition coefficient (Wildman–Crippen LogP) is 1.93. The van der Waals surface area contributed by atoms with Gasteiger partial charge in [0.25, 0.3) is 0 Å². The van der Waals surface area contributed by atoms with Crippen molar-refractivity contribution in [2.75, 3.05) is 32.8 Å². The van der Waals surface area contributed by atoms with Gasteiger partial charge in [-0.05, 0) is 42.0 Å². The fourth-order valence-electron chi connectivity index (χ4n) is 2.80. The molecule has 26 heavy (non-hydrogen) atoms. The highest BCUT2D eigenvalue weighted by atomic mass is 32.2. The van der Waals surface area contributed by atoms with Crippen LogP contribution in [0.3, 0.4) is 0 Å². The van der Waals surface area contributed by atoms with Gasteiger partial charge in [-0.2, -0.15) is 0 Å². The lowest BCUT2D eigenvalue weighted by Gasteiger charge is -2.33. The minimum atomic E-state index is -3.69. The minimum Gasteiger partial charge on any atom is -0.492 e. The van der Waals surface area contributed by atoms with Crippen molar-refractivity contribution in [3.63, 3.8) is 0 Å². The lowest BCUT2D eigenvalue weighted by Crippen LogP contribution is -2.40. The van der Waals surface area contributed by atoms with E-state index in [-0.39, 0.29) is 16.8 Å². The number of morpholine rings is 1. The molecule has 1 aliphatic heterocycles. The minimum absolute atomic E-state index is 0.0557. The van der Waals surface area contributed by atoms with E-state index < -0.39 is 10.0 Å². The van der Waals surface area contributed by atoms with Crippen LogP contribution in [0, 0.1) is 5.82 Å². The summed E-state index contributed by atoms with van der Waals surface area (Å²) in [6.07, 6.45) is -0.0848. The van der Waals surface area contributed by atoms with E-state index in [1.807, 2.05) is 0 Å². The zero-order chi connectivity index (χ0) is 18.6. The summed E-state index contributed by atoms with van der Waals surface area (Å²) in [7, 11) is -3.69. The predicted molar refractivity (Wildman–Crippen MR) is 94.8 cm³/mol. The molecule has 2 N–H and O–H groups in total. The molecule has 0 radical (unpaired) electrons. The number of rotatable bonds is 6. The summed E-state index contributed by atoms with van der Waals surface area (Å²) in [6.45, 7) is 3.28. The van der Waals surface area contributed by atoms with Crippen LogP contribution in [0.1, 0.15) is 11.7 Å². The van der Waals surface area contributed by atoms with Crippen LogP contribution < -0.4 is 9.88 Å². The molecule has 2 aromatic carbocycles. The molecule has 1 fully saturated rings. The monoisotopic (exact) mass is 380 g/mol. The third kappa shape index (κ3) is 5.01. The zero-order valence-corrected chi connectivity index (χ0v) is 15.0. The Balaban J connectivity index is 1.49. The molecule has 1 saturated heterocycles. The number of halogens is 1. The molecule has 1 heterocycles. The number of benzene rings is 2. The Labute approximate surface area is 152 Å².